The minimum Gasteiger partial charge on any atom is -0.361 e. The third-order valence-electron chi connectivity index (χ3n) is 5.75. The van der Waals surface area contributed by atoms with Crippen LogP contribution in [0, 0.1) is 0 Å². The molecule has 1 spiro atoms. The Morgan fingerprint density at radius 2 is 1.95 bits per heavy atom. The number of para-hydroxylation sites is 1. The molecule has 116 valence electrons. The number of nitrogens with one attached hydrogen (secondary N) is 1. The molecule has 3 heterocycles. The van der Waals surface area contributed by atoms with Crippen molar-refractivity contribution in [1.82, 2.24) is 14.8 Å². The van der Waals surface area contributed by atoms with Gasteiger partial charge in [-0.05, 0) is 30.9 Å². The highest BCUT2D eigenvalue weighted by Crippen LogP contribution is 2.38. The van der Waals surface area contributed by atoms with Gasteiger partial charge < -0.3 is 9.88 Å². The molecule has 1 amide bonds. The van der Waals surface area contributed by atoms with Crippen LogP contribution in [0.15, 0.2) is 30.5 Å². The standard InChI is InChI=1S/C18H23N3O/c1-20-17(22)6-7-18(20)8-10-21(11-9-18)13-14-12-19-16-5-3-2-4-15(14)16/h2-5,12,19H,6-11,13H2,1H3. The summed E-state index contributed by atoms with van der Waals surface area (Å²) in [6.07, 6.45) is 6.14. The number of H-pyrrole nitrogens is 1. The average molecular weight is 297 g/mol. The predicted molar refractivity (Wildman–Crippen MR) is 87.5 cm³/mol. The fraction of sp³-hybridized carbons (Fsp3) is 0.500. The third-order valence-corrected chi connectivity index (χ3v) is 5.75. The normalized spacial score (nSPS) is 22.0. The highest BCUT2D eigenvalue weighted by atomic mass is 16.2. The van der Waals surface area contributed by atoms with Crippen molar-refractivity contribution in [2.45, 2.75) is 37.8 Å². The molecule has 2 aliphatic heterocycles. The Hall–Kier alpha value is -1.81. The summed E-state index contributed by atoms with van der Waals surface area (Å²) in [5, 5.41) is 1.33. The summed E-state index contributed by atoms with van der Waals surface area (Å²) in [7, 11) is 1.99. The minimum absolute atomic E-state index is 0.147. The Bertz CT molecular complexity index is 697. The van der Waals surface area contributed by atoms with E-state index in [2.05, 4.69) is 40.3 Å². The Morgan fingerprint density at radius 3 is 2.68 bits per heavy atom. The second-order valence-corrected chi connectivity index (χ2v) is 6.81. The number of benzene rings is 1. The van der Waals surface area contributed by atoms with E-state index >= 15 is 0 Å². The molecule has 0 unspecified atom stereocenters. The van der Waals surface area contributed by atoms with Gasteiger partial charge in [0.2, 0.25) is 5.91 Å². The quantitative estimate of drug-likeness (QED) is 0.926. The molecule has 1 aromatic carbocycles. The minimum atomic E-state index is 0.147. The number of amides is 1. The monoisotopic (exact) mass is 297 g/mol. The average Bonchev–Trinajstić information content (AvgIpc) is 3.07. The summed E-state index contributed by atoms with van der Waals surface area (Å²) < 4.78 is 0. The molecule has 0 bridgehead atoms. The van der Waals surface area contributed by atoms with Gasteiger partial charge in [-0.3, -0.25) is 9.69 Å². The van der Waals surface area contributed by atoms with Crippen molar-refractivity contribution >= 4 is 16.8 Å². The van der Waals surface area contributed by atoms with Gasteiger partial charge in [0.25, 0.3) is 0 Å². The number of nitrogens with zero attached hydrogens (tertiary/aromatic N) is 2. The molecule has 0 aliphatic carbocycles. The summed E-state index contributed by atoms with van der Waals surface area (Å²) in [6.45, 7) is 3.16. The fourth-order valence-corrected chi connectivity index (χ4v) is 4.16. The van der Waals surface area contributed by atoms with E-state index in [4.69, 9.17) is 0 Å². The first-order chi connectivity index (χ1) is 10.7. The number of aromatic amines is 1. The first-order valence-corrected chi connectivity index (χ1v) is 8.22. The zero-order valence-corrected chi connectivity index (χ0v) is 13.1. The van der Waals surface area contributed by atoms with Crippen LogP contribution in [0.3, 0.4) is 0 Å². The van der Waals surface area contributed by atoms with Gasteiger partial charge in [-0.1, -0.05) is 18.2 Å². The molecule has 4 heteroatoms. The molecule has 4 nitrogen and oxygen atoms in total. The molecule has 2 fully saturated rings. The zero-order chi connectivity index (χ0) is 15.2. The number of fused-ring (bicyclic) bond motifs is 1. The molecule has 2 saturated heterocycles. The van der Waals surface area contributed by atoms with Crippen LogP contribution in [0.5, 0.6) is 0 Å². The maximum absolute atomic E-state index is 11.8. The number of likely N-dealkylation sites (tertiary alicyclic amines) is 2. The largest absolute Gasteiger partial charge is 0.361 e. The van der Waals surface area contributed by atoms with E-state index in [0.29, 0.717) is 5.91 Å². The maximum atomic E-state index is 11.8. The number of hydrogen-bond acceptors (Lipinski definition) is 2. The Kier molecular flexibility index (Phi) is 3.22. The second-order valence-electron chi connectivity index (χ2n) is 6.81. The molecule has 1 aromatic heterocycles. The van der Waals surface area contributed by atoms with E-state index in [0.717, 1.165) is 45.3 Å². The third kappa shape index (κ3) is 2.13. The van der Waals surface area contributed by atoms with E-state index < -0.39 is 0 Å². The smallest absolute Gasteiger partial charge is 0.222 e. The van der Waals surface area contributed by atoms with E-state index in [9.17, 15) is 4.79 Å². The van der Waals surface area contributed by atoms with Crippen LogP contribution >= 0.6 is 0 Å². The van der Waals surface area contributed by atoms with Crippen molar-refractivity contribution in [3.8, 4) is 0 Å². The van der Waals surface area contributed by atoms with Gasteiger partial charge in [0, 0.05) is 55.7 Å². The lowest BCUT2D eigenvalue weighted by atomic mass is 9.85. The number of hydrogen-bond donors (Lipinski definition) is 1. The van der Waals surface area contributed by atoms with Crippen LogP contribution in [0.4, 0.5) is 0 Å². The van der Waals surface area contributed by atoms with Gasteiger partial charge in [0.1, 0.15) is 0 Å². The first-order valence-electron chi connectivity index (χ1n) is 8.22. The molecule has 0 saturated carbocycles. The second kappa shape index (κ2) is 5.13. The van der Waals surface area contributed by atoms with Crippen molar-refractivity contribution in [2.24, 2.45) is 0 Å². The van der Waals surface area contributed by atoms with Crippen LogP contribution < -0.4 is 0 Å². The Morgan fingerprint density at radius 1 is 1.18 bits per heavy atom. The molecule has 22 heavy (non-hydrogen) atoms. The predicted octanol–water partition coefficient (Wildman–Crippen LogP) is 2.75. The van der Waals surface area contributed by atoms with Crippen molar-refractivity contribution in [3.63, 3.8) is 0 Å². The molecular formula is C18H23N3O. The number of carbonyl (C=O) groups is 1. The number of rotatable bonds is 2. The molecule has 0 radical (unpaired) electrons. The van der Waals surface area contributed by atoms with E-state index in [1.807, 2.05) is 11.9 Å². The lowest BCUT2D eigenvalue weighted by molar-refractivity contribution is -0.130. The van der Waals surface area contributed by atoms with Crippen LogP contribution in [-0.4, -0.2) is 46.4 Å². The van der Waals surface area contributed by atoms with Gasteiger partial charge in [-0.2, -0.15) is 0 Å². The summed E-state index contributed by atoms with van der Waals surface area (Å²) in [5.41, 5.74) is 2.74. The number of piperidine rings is 1. The van der Waals surface area contributed by atoms with Gasteiger partial charge >= 0.3 is 0 Å². The van der Waals surface area contributed by atoms with Crippen LogP contribution in [0.2, 0.25) is 0 Å². The van der Waals surface area contributed by atoms with E-state index in [1.165, 1.54) is 16.5 Å². The van der Waals surface area contributed by atoms with Crippen LogP contribution in [-0.2, 0) is 11.3 Å². The van der Waals surface area contributed by atoms with Crippen molar-refractivity contribution in [2.75, 3.05) is 20.1 Å². The van der Waals surface area contributed by atoms with Crippen LogP contribution in [0.1, 0.15) is 31.2 Å². The van der Waals surface area contributed by atoms with Crippen LogP contribution in [0.25, 0.3) is 10.9 Å². The van der Waals surface area contributed by atoms with Crippen molar-refractivity contribution in [3.05, 3.63) is 36.0 Å². The highest BCUT2D eigenvalue weighted by molar-refractivity contribution is 5.83. The van der Waals surface area contributed by atoms with E-state index in [1.54, 1.807) is 0 Å². The van der Waals surface area contributed by atoms with E-state index in [-0.39, 0.29) is 5.54 Å². The Labute approximate surface area is 131 Å². The zero-order valence-electron chi connectivity index (χ0n) is 13.1. The van der Waals surface area contributed by atoms with Gasteiger partial charge in [-0.25, -0.2) is 0 Å². The van der Waals surface area contributed by atoms with Gasteiger partial charge in [0.15, 0.2) is 0 Å². The summed E-state index contributed by atoms with van der Waals surface area (Å²) in [5.74, 6) is 0.324. The summed E-state index contributed by atoms with van der Waals surface area (Å²) in [6, 6.07) is 8.49. The molecular weight excluding hydrogens is 274 g/mol. The highest BCUT2D eigenvalue weighted by Gasteiger charge is 2.44. The summed E-state index contributed by atoms with van der Waals surface area (Å²) >= 11 is 0. The molecule has 4 rings (SSSR count). The fourth-order valence-electron chi connectivity index (χ4n) is 4.16. The number of carbonyl (C=O) groups excluding carboxylic acids is 1. The van der Waals surface area contributed by atoms with Crippen molar-refractivity contribution in [1.29, 1.82) is 0 Å². The SMILES string of the molecule is CN1C(=O)CCC12CCN(Cc1c[nH]c3ccccc13)CC2. The topological polar surface area (TPSA) is 39.3 Å². The maximum Gasteiger partial charge on any atom is 0.222 e. The summed E-state index contributed by atoms with van der Waals surface area (Å²) in [4.78, 5) is 19.7. The first kappa shape index (κ1) is 13.8. The van der Waals surface area contributed by atoms with Gasteiger partial charge in [0.05, 0.1) is 0 Å². The van der Waals surface area contributed by atoms with Gasteiger partial charge in [-0.15, -0.1) is 0 Å². The molecule has 0 atom stereocenters. The number of aromatic nitrogens is 1. The Balaban J connectivity index is 1.45. The molecule has 2 aliphatic rings. The molecule has 2 aromatic rings. The lowest BCUT2D eigenvalue weighted by Gasteiger charge is -2.43. The molecule has 1 N–H and O–H groups in total. The van der Waals surface area contributed by atoms with Crippen molar-refractivity contribution < 1.29 is 4.79 Å². The lowest BCUT2D eigenvalue weighted by Crippen LogP contribution is -2.51.